The van der Waals surface area contributed by atoms with Gasteiger partial charge in [-0.3, -0.25) is 14.5 Å². The molecule has 0 radical (unpaired) electrons. The Bertz CT molecular complexity index is 1520. The highest BCUT2D eigenvalue weighted by molar-refractivity contribution is 9.10. The molecule has 2 aromatic heterocycles. The van der Waals surface area contributed by atoms with E-state index in [4.69, 9.17) is 4.42 Å². The van der Waals surface area contributed by atoms with Gasteiger partial charge >= 0.3 is 0 Å². The second-order valence-electron chi connectivity index (χ2n) is 7.87. The standard InChI is InChI=1S/C25H17BrFN3O4S2/c1-13-9-10-18(34-13)21(31)19-20(14-6-4-7-16(26)11-14)30(23(33)22(19)32)24-28-29-25(36-24)35-12-15-5-2-3-8-17(15)27/h2-11,20,32H,12H2,1H3. The van der Waals surface area contributed by atoms with E-state index in [0.717, 1.165) is 15.8 Å². The summed E-state index contributed by atoms with van der Waals surface area (Å²) in [5, 5.41) is 19.3. The van der Waals surface area contributed by atoms with Crippen LogP contribution in [0.1, 0.15) is 33.5 Å². The summed E-state index contributed by atoms with van der Waals surface area (Å²) in [7, 11) is 0. The molecule has 1 N–H and O–H groups in total. The van der Waals surface area contributed by atoms with Gasteiger partial charge < -0.3 is 9.52 Å². The van der Waals surface area contributed by atoms with Crippen LogP contribution in [0.5, 0.6) is 0 Å². The van der Waals surface area contributed by atoms with E-state index >= 15 is 0 Å². The Balaban J connectivity index is 1.50. The molecule has 5 rings (SSSR count). The lowest BCUT2D eigenvalue weighted by atomic mass is 9.95. The van der Waals surface area contributed by atoms with Crippen molar-refractivity contribution in [3.05, 3.63) is 105 Å². The second-order valence-corrected chi connectivity index (χ2v) is 11.0. The summed E-state index contributed by atoms with van der Waals surface area (Å²) in [6.07, 6.45) is 0. The topological polar surface area (TPSA) is 96.5 Å². The average Bonchev–Trinajstić information content (AvgIpc) is 3.57. The Morgan fingerprint density at radius 1 is 1.19 bits per heavy atom. The van der Waals surface area contributed by atoms with Crippen molar-refractivity contribution in [1.29, 1.82) is 0 Å². The van der Waals surface area contributed by atoms with Crippen LogP contribution < -0.4 is 4.90 Å². The average molecular weight is 586 g/mol. The Morgan fingerprint density at radius 2 is 2.00 bits per heavy atom. The van der Waals surface area contributed by atoms with Crippen molar-refractivity contribution in [2.75, 3.05) is 4.90 Å². The number of ketones is 1. The molecule has 1 unspecified atom stereocenters. The molecule has 11 heteroatoms. The first-order valence-corrected chi connectivity index (χ1v) is 13.3. The third-order valence-electron chi connectivity index (χ3n) is 5.49. The fourth-order valence-corrected chi connectivity index (χ4v) is 6.10. The minimum absolute atomic E-state index is 0.0158. The van der Waals surface area contributed by atoms with Gasteiger partial charge in [-0.05, 0) is 48.4 Å². The fraction of sp³-hybridized carbons (Fsp3) is 0.120. The highest BCUT2D eigenvalue weighted by Crippen LogP contribution is 2.44. The summed E-state index contributed by atoms with van der Waals surface area (Å²) in [5.41, 5.74) is 0.997. The number of aliphatic hydroxyl groups excluding tert-OH is 1. The lowest BCUT2D eigenvalue weighted by molar-refractivity contribution is -0.117. The SMILES string of the molecule is Cc1ccc(C(=O)C2=C(O)C(=O)N(c3nnc(SCc4ccccc4F)s3)C2c2cccc(Br)c2)o1. The van der Waals surface area contributed by atoms with E-state index in [1.807, 2.05) is 6.07 Å². The number of furan rings is 1. The molecule has 0 saturated carbocycles. The number of hydrogen-bond acceptors (Lipinski definition) is 8. The zero-order valence-electron chi connectivity index (χ0n) is 18.6. The van der Waals surface area contributed by atoms with Crippen LogP contribution >= 0.6 is 39.0 Å². The predicted octanol–water partition coefficient (Wildman–Crippen LogP) is 6.42. The first-order chi connectivity index (χ1) is 17.3. The van der Waals surface area contributed by atoms with E-state index in [0.29, 0.717) is 27.0 Å². The van der Waals surface area contributed by atoms with Crippen LogP contribution in [0.2, 0.25) is 0 Å². The molecule has 1 amide bonds. The molecule has 7 nitrogen and oxygen atoms in total. The van der Waals surface area contributed by atoms with Crippen molar-refractivity contribution in [3.63, 3.8) is 0 Å². The van der Waals surface area contributed by atoms with Crippen LogP contribution in [0.4, 0.5) is 9.52 Å². The normalized spacial score (nSPS) is 15.7. The van der Waals surface area contributed by atoms with Crippen molar-refractivity contribution >= 4 is 55.9 Å². The Morgan fingerprint density at radius 3 is 2.72 bits per heavy atom. The Hall–Kier alpha value is -3.28. The maximum Gasteiger partial charge on any atom is 0.296 e. The number of aliphatic hydroxyl groups is 1. The van der Waals surface area contributed by atoms with Crippen LogP contribution in [0.25, 0.3) is 0 Å². The molecule has 0 fully saturated rings. The number of aryl methyl sites for hydroxylation is 1. The van der Waals surface area contributed by atoms with Gasteiger partial charge in [-0.15, -0.1) is 10.2 Å². The smallest absolute Gasteiger partial charge is 0.296 e. The number of amides is 1. The van der Waals surface area contributed by atoms with E-state index in [1.165, 1.54) is 28.8 Å². The number of carbonyl (C=O) groups excluding carboxylic acids is 2. The number of benzene rings is 2. The number of thioether (sulfide) groups is 1. The largest absolute Gasteiger partial charge is 0.503 e. The monoisotopic (exact) mass is 585 g/mol. The molecule has 0 bridgehead atoms. The molecule has 2 aromatic carbocycles. The molecule has 182 valence electrons. The molecule has 1 atom stereocenters. The quantitative estimate of drug-likeness (QED) is 0.152. The Labute approximate surface area is 221 Å². The number of aromatic nitrogens is 2. The molecule has 0 aliphatic carbocycles. The Kier molecular flexibility index (Phi) is 6.78. The lowest BCUT2D eigenvalue weighted by Gasteiger charge is -2.24. The van der Waals surface area contributed by atoms with Crippen molar-refractivity contribution in [1.82, 2.24) is 10.2 Å². The summed E-state index contributed by atoms with van der Waals surface area (Å²) >= 11 is 5.82. The molecule has 1 aliphatic heterocycles. The highest BCUT2D eigenvalue weighted by atomic mass is 79.9. The van der Waals surface area contributed by atoms with Crippen molar-refractivity contribution in [2.45, 2.75) is 23.1 Å². The van der Waals surface area contributed by atoms with E-state index < -0.39 is 23.5 Å². The maximum atomic E-state index is 14.0. The predicted molar refractivity (Wildman–Crippen MR) is 138 cm³/mol. The van der Waals surface area contributed by atoms with Gasteiger partial charge in [0.15, 0.2) is 15.9 Å². The minimum atomic E-state index is -0.953. The van der Waals surface area contributed by atoms with Crippen LogP contribution in [-0.4, -0.2) is 27.0 Å². The number of Topliss-reactive ketones (excluding diaryl/α,β-unsaturated/α-hetero) is 1. The van der Waals surface area contributed by atoms with Crippen molar-refractivity contribution in [2.24, 2.45) is 0 Å². The summed E-state index contributed by atoms with van der Waals surface area (Å²) in [4.78, 5) is 27.9. The molecular formula is C25H17BrFN3O4S2. The highest BCUT2D eigenvalue weighted by Gasteiger charge is 2.46. The van der Waals surface area contributed by atoms with Gasteiger partial charge in [-0.25, -0.2) is 4.39 Å². The number of nitrogens with zero attached hydrogens (tertiary/aromatic N) is 3. The lowest BCUT2D eigenvalue weighted by Crippen LogP contribution is -2.31. The summed E-state index contributed by atoms with van der Waals surface area (Å²) in [6, 6.07) is 15.7. The van der Waals surface area contributed by atoms with Gasteiger partial charge in [0.1, 0.15) is 11.6 Å². The molecule has 1 aliphatic rings. The molecule has 0 saturated heterocycles. The zero-order chi connectivity index (χ0) is 25.4. The molecular weight excluding hydrogens is 569 g/mol. The first kappa shape index (κ1) is 24.4. The van der Waals surface area contributed by atoms with Crippen molar-refractivity contribution in [3.8, 4) is 0 Å². The van der Waals surface area contributed by atoms with Gasteiger partial charge in [-0.1, -0.05) is 69.4 Å². The van der Waals surface area contributed by atoms with Gasteiger partial charge in [0.05, 0.1) is 11.6 Å². The van der Waals surface area contributed by atoms with E-state index in [-0.39, 0.29) is 22.3 Å². The van der Waals surface area contributed by atoms with Gasteiger partial charge in [-0.2, -0.15) is 0 Å². The van der Waals surface area contributed by atoms with E-state index in [2.05, 4.69) is 26.1 Å². The van der Waals surface area contributed by atoms with Crippen LogP contribution in [0.15, 0.2) is 85.2 Å². The van der Waals surface area contributed by atoms with Gasteiger partial charge in [0, 0.05) is 10.2 Å². The first-order valence-electron chi connectivity index (χ1n) is 10.7. The van der Waals surface area contributed by atoms with E-state index in [1.54, 1.807) is 49.4 Å². The number of rotatable bonds is 7. The number of hydrogen-bond donors (Lipinski definition) is 1. The third kappa shape index (κ3) is 4.61. The molecule has 4 aromatic rings. The van der Waals surface area contributed by atoms with Crippen molar-refractivity contribution < 1.29 is 23.5 Å². The van der Waals surface area contributed by atoms with Gasteiger partial charge in [0.2, 0.25) is 10.9 Å². The molecule has 0 spiro atoms. The minimum Gasteiger partial charge on any atom is -0.503 e. The fourth-order valence-electron chi connectivity index (χ4n) is 3.83. The molecule has 3 heterocycles. The summed E-state index contributed by atoms with van der Waals surface area (Å²) in [6.45, 7) is 1.70. The van der Waals surface area contributed by atoms with Gasteiger partial charge in [0.25, 0.3) is 5.91 Å². The van der Waals surface area contributed by atoms with E-state index in [9.17, 15) is 19.1 Å². The van der Waals surface area contributed by atoms with Crippen LogP contribution in [0.3, 0.4) is 0 Å². The number of anilines is 1. The number of carbonyl (C=O) groups is 2. The molecule has 36 heavy (non-hydrogen) atoms. The zero-order valence-corrected chi connectivity index (χ0v) is 21.9. The van der Waals surface area contributed by atoms with Crippen LogP contribution in [0, 0.1) is 12.7 Å². The second kappa shape index (κ2) is 10.00. The number of halogens is 2. The van der Waals surface area contributed by atoms with Crippen LogP contribution in [-0.2, 0) is 10.5 Å². The summed E-state index contributed by atoms with van der Waals surface area (Å²) in [5.74, 6) is -1.48. The third-order valence-corrected chi connectivity index (χ3v) is 8.09. The maximum absolute atomic E-state index is 14.0. The summed E-state index contributed by atoms with van der Waals surface area (Å²) < 4.78 is 20.7.